The van der Waals surface area contributed by atoms with Crippen molar-refractivity contribution in [2.24, 2.45) is 0 Å². The van der Waals surface area contributed by atoms with Gasteiger partial charge in [0.25, 0.3) is 0 Å². The summed E-state index contributed by atoms with van der Waals surface area (Å²) in [6.07, 6.45) is 0. The molecule has 0 heterocycles. The van der Waals surface area contributed by atoms with Gasteiger partial charge in [0.05, 0.1) is 1.37 Å². The molecule has 0 bridgehead atoms. The lowest BCUT2D eigenvalue weighted by Gasteiger charge is -2.14. The fraction of sp³-hybridized carbons (Fsp3) is 0.300. The minimum absolute atomic E-state index is 0.148. The Morgan fingerprint density at radius 2 is 2.17 bits per heavy atom. The zero-order chi connectivity index (χ0) is 10.1. The molecule has 1 aromatic rings. The Labute approximate surface area is 73.3 Å². The SMILES string of the molecule is [2H]c1ccccc1C(=O)C(C)(C)O. The molecule has 0 spiro atoms. The van der Waals surface area contributed by atoms with Crippen LogP contribution in [-0.2, 0) is 0 Å². The summed E-state index contributed by atoms with van der Waals surface area (Å²) in [6.45, 7) is 2.84. The smallest absolute Gasteiger partial charge is 0.193 e. The Morgan fingerprint density at radius 3 is 2.67 bits per heavy atom. The molecule has 1 rings (SSSR count). The molecule has 0 amide bonds. The van der Waals surface area contributed by atoms with Crippen LogP contribution in [0.5, 0.6) is 0 Å². The fourth-order valence-electron chi connectivity index (χ4n) is 0.864. The van der Waals surface area contributed by atoms with Gasteiger partial charge >= 0.3 is 0 Å². The third-order valence-electron chi connectivity index (χ3n) is 1.51. The van der Waals surface area contributed by atoms with Gasteiger partial charge in [0.1, 0.15) is 5.60 Å². The number of carbonyl (C=O) groups excluding carboxylic acids is 1. The number of aliphatic hydroxyl groups is 1. The van der Waals surface area contributed by atoms with E-state index in [1.165, 1.54) is 19.9 Å². The molecule has 0 unspecified atom stereocenters. The number of hydrogen-bond acceptors (Lipinski definition) is 2. The summed E-state index contributed by atoms with van der Waals surface area (Å²) < 4.78 is 7.45. The van der Waals surface area contributed by atoms with Crippen LogP contribution in [0.25, 0.3) is 0 Å². The molecule has 0 aliphatic heterocycles. The molecule has 0 atom stereocenters. The summed E-state index contributed by atoms with van der Waals surface area (Å²) in [6, 6.07) is 6.58. The highest BCUT2D eigenvalue weighted by molar-refractivity contribution is 6.01. The molecule has 1 N–H and O–H groups in total. The summed E-state index contributed by atoms with van der Waals surface area (Å²) in [5.74, 6) is -0.418. The zero-order valence-corrected chi connectivity index (χ0v) is 7.16. The van der Waals surface area contributed by atoms with E-state index in [0.29, 0.717) is 0 Å². The van der Waals surface area contributed by atoms with Gasteiger partial charge in [-0.2, -0.15) is 0 Å². The minimum atomic E-state index is -1.41. The van der Waals surface area contributed by atoms with Crippen LogP contribution in [0.15, 0.2) is 30.3 Å². The van der Waals surface area contributed by atoms with E-state index in [1.54, 1.807) is 18.2 Å². The number of rotatable bonds is 2. The Kier molecular flexibility index (Phi) is 1.92. The van der Waals surface area contributed by atoms with Gasteiger partial charge in [-0.1, -0.05) is 30.3 Å². The lowest BCUT2D eigenvalue weighted by atomic mass is 9.97. The fourth-order valence-corrected chi connectivity index (χ4v) is 0.864. The van der Waals surface area contributed by atoms with Crippen molar-refractivity contribution in [3.63, 3.8) is 0 Å². The number of benzene rings is 1. The Morgan fingerprint density at radius 1 is 1.50 bits per heavy atom. The summed E-state index contributed by atoms with van der Waals surface area (Å²) in [4.78, 5) is 11.5. The maximum Gasteiger partial charge on any atom is 0.193 e. The number of hydrogen-bond donors (Lipinski definition) is 1. The third kappa shape index (κ3) is 1.92. The standard InChI is InChI=1S/C10H12O2/c1-10(2,12)9(11)8-6-4-3-5-7-8/h3-7,12H,1-2H3/i6D. The first-order valence-corrected chi connectivity index (χ1v) is 3.76. The first-order valence-electron chi connectivity index (χ1n) is 4.26. The Bertz CT molecular complexity index is 326. The van der Waals surface area contributed by atoms with Gasteiger partial charge in [-0.3, -0.25) is 4.79 Å². The van der Waals surface area contributed by atoms with E-state index in [9.17, 15) is 9.90 Å². The number of carbonyl (C=O) groups is 1. The van der Waals surface area contributed by atoms with Gasteiger partial charge in [-0.25, -0.2) is 0 Å². The predicted octanol–water partition coefficient (Wildman–Crippen LogP) is 1.64. The quantitative estimate of drug-likeness (QED) is 0.676. The van der Waals surface area contributed by atoms with E-state index in [2.05, 4.69) is 0 Å². The largest absolute Gasteiger partial charge is 0.382 e. The molecular formula is C10H12O2. The minimum Gasteiger partial charge on any atom is -0.382 e. The van der Waals surface area contributed by atoms with Gasteiger partial charge in [0, 0.05) is 5.56 Å². The average molecular weight is 165 g/mol. The van der Waals surface area contributed by atoms with Gasteiger partial charge < -0.3 is 5.11 Å². The van der Waals surface area contributed by atoms with Gasteiger partial charge in [-0.15, -0.1) is 0 Å². The van der Waals surface area contributed by atoms with E-state index in [4.69, 9.17) is 1.37 Å². The van der Waals surface area contributed by atoms with E-state index in [1.807, 2.05) is 0 Å². The molecular weight excluding hydrogens is 152 g/mol. The van der Waals surface area contributed by atoms with Crippen molar-refractivity contribution in [3.05, 3.63) is 35.9 Å². The van der Waals surface area contributed by atoms with Gasteiger partial charge in [-0.05, 0) is 13.8 Å². The monoisotopic (exact) mass is 165 g/mol. The highest BCUT2D eigenvalue weighted by Gasteiger charge is 2.24. The van der Waals surface area contributed by atoms with Crippen molar-refractivity contribution >= 4 is 5.78 Å². The Balaban J connectivity index is 3.10. The van der Waals surface area contributed by atoms with Crippen molar-refractivity contribution in [2.75, 3.05) is 0 Å². The molecule has 1 aromatic carbocycles. The molecule has 0 radical (unpaired) electrons. The van der Waals surface area contributed by atoms with E-state index >= 15 is 0 Å². The van der Waals surface area contributed by atoms with E-state index in [-0.39, 0.29) is 11.6 Å². The molecule has 12 heavy (non-hydrogen) atoms. The van der Waals surface area contributed by atoms with Crippen LogP contribution in [0.1, 0.15) is 25.6 Å². The van der Waals surface area contributed by atoms with Crippen LogP contribution in [-0.4, -0.2) is 16.5 Å². The summed E-state index contributed by atoms with van der Waals surface area (Å²) in [5, 5.41) is 9.43. The summed E-state index contributed by atoms with van der Waals surface area (Å²) in [5.41, 5.74) is -1.15. The van der Waals surface area contributed by atoms with Gasteiger partial charge in [0.15, 0.2) is 5.78 Å². The van der Waals surface area contributed by atoms with E-state index < -0.39 is 11.4 Å². The lowest BCUT2D eigenvalue weighted by Crippen LogP contribution is -2.30. The maximum absolute atomic E-state index is 11.5. The van der Waals surface area contributed by atoms with Crippen molar-refractivity contribution in [1.82, 2.24) is 0 Å². The predicted molar refractivity (Wildman–Crippen MR) is 47.1 cm³/mol. The van der Waals surface area contributed by atoms with Crippen LogP contribution >= 0.6 is 0 Å². The van der Waals surface area contributed by atoms with Crippen LogP contribution in [0.2, 0.25) is 0 Å². The lowest BCUT2D eigenvalue weighted by molar-refractivity contribution is 0.0488. The van der Waals surface area contributed by atoms with Crippen molar-refractivity contribution in [3.8, 4) is 0 Å². The second kappa shape index (κ2) is 3.07. The molecule has 64 valence electrons. The van der Waals surface area contributed by atoms with Crippen LogP contribution in [0.3, 0.4) is 0 Å². The molecule has 0 aliphatic rings. The highest BCUT2D eigenvalue weighted by atomic mass is 16.3. The highest BCUT2D eigenvalue weighted by Crippen LogP contribution is 2.11. The van der Waals surface area contributed by atoms with Crippen LogP contribution in [0.4, 0.5) is 0 Å². The molecule has 2 heteroatoms. The van der Waals surface area contributed by atoms with Crippen molar-refractivity contribution in [1.29, 1.82) is 0 Å². The van der Waals surface area contributed by atoms with Crippen LogP contribution in [0, 0.1) is 0 Å². The second-order valence-electron chi connectivity index (χ2n) is 3.16. The van der Waals surface area contributed by atoms with Crippen molar-refractivity contribution in [2.45, 2.75) is 19.4 Å². The van der Waals surface area contributed by atoms with Crippen LogP contribution < -0.4 is 0 Å². The van der Waals surface area contributed by atoms with Crippen molar-refractivity contribution < 1.29 is 11.3 Å². The molecule has 0 fully saturated rings. The zero-order valence-electron chi connectivity index (χ0n) is 8.16. The number of ketones is 1. The molecule has 0 aliphatic carbocycles. The molecule has 2 nitrogen and oxygen atoms in total. The molecule has 0 aromatic heterocycles. The second-order valence-corrected chi connectivity index (χ2v) is 3.16. The average Bonchev–Trinajstić information content (AvgIpc) is 2.02. The maximum atomic E-state index is 11.5. The third-order valence-corrected chi connectivity index (χ3v) is 1.51. The normalized spacial score (nSPS) is 12.4. The number of Topliss-reactive ketones (excluding diaryl/α,β-unsaturated/α-hetero) is 1. The molecule has 0 saturated heterocycles. The first kappa shape index (κ1) is 7.50. The summed E-state index contributed by atoms with van der Waals surface area (Å²) in [7, 11) is 0. The topological polar surface area (TPSA) is 37.3 Å². The van der Waals surface area contributed by atoms with Gasteiger partial charge in [0.2, 0.25) is 0 Å². The molecule has 0 saturated carbocycles. The summed E-state index contributed by atoms with van der Waals surface area (Å²) >= 11 is 0. The first-order chi connectivity index (χ1) is 5.93. The van der Waals surface area contributed by atoms with E-state index in [0.717, 1.165) is 0 Å². The Hall–Kier alpha value is -1.15.